The molecule has 11 heavy (non-hydrogen) atoms. The predicted octanol–water partition coefficient (Wildman–Crippen LogP) is 0.319. The molecule has 0 bridgehead atoms. The molecule has 0 aliphatic rings. The summed E-state index contributed by atoms with van der Waals surface area (Å²) in [6, 6.07) is 6.36. The van der Waals surface area contributed by atoms with Crippen molar-refractivity contribution in [3.8, 4) is 0 Å². The van der Waals surface area contributed by atoms with Gasteiger partial charge in [0.25, 0.3) is 0 Å². The van der Waals surface area contributed by atoms with Gasteiger partial charge in [0.1, 0.15) is 0 Å². The predicted molar refractivity (Wildman–Crippen MR) is 45.0 cm³/mol. The van der Waals surface area contributed by atoms with Crippen molar-refractivity contribution in [3.63, 3.8) is 0 Å². The van der Waals surface area contributed by atoms with Crippen molar-refractivity contribution in [3.05, 3.63) is 29.8 Å². The number of aromatic carboxylic acids is 1. The molecular weight excluding hydrogens is 137 g/mol. The third kappa shape index (κ3) is 2.30. The third-order valence-corrected chi connectivity index (χ3v) is 1.19. The molecule has 3 nitrogen and oxygen atoms in total. The van der Waals surface area contributed by atoms with Gasteiger partial charge in [-0.15, -0.1) is 0 Å². The van der Waals surface area contributed by atoms with Crippen molar-refractivity contribution in [2.24, 2.45) is 0 Å². The maximum atomic E-state index is 10.3. The summed E-state index contributed by atoms with van der Waals surface area (Å²) >= 11 is 0. The molecule has 0 aliphatic heterocycles. The Morgan fingerprint density at radius 2 is 1.91 bits per heavy atom. The van der Waals surface area contributed by atoms with Crippen LogP contribution in [0.5, 0.6) is 0 Å². The molecule has 0 saturated heterocycles. The van der Waals surface area contributed by atoms with E-state index in [4.69, 9.17) is 10.8 Å². The molecule has 4 heteroatoms. The first-order valence-electron chi connectivity index (χ1n) is 2.79. The van der Waals surface area contributed by atoms with E-state index in [1.165, 1.54) is 6.07 Å². The summed E-state index contributed by atoms with van der Waals surface area (Å²) in [4.78, 5) is 10.3. The fourth-order valence-electron chi connectivity index (χ4n) is 0.692. The van der Waals surface area contributed by atoms with Crippen LogP contribution >= 0.6 is 0 Å². The van der Waals surface area contributed by atoms with Gasteiger partial charge in [-0.2, -0.15) is 0 Å². The van der Waals surface area contributed by atoms with Crippen LogP contribution in [0.1, 0.15) is 10.4 Å². The number of carboxylic acid groups (broad SMARTS) is 1. The Labute approximate surface area is 76.4 Å². The van der Waals surface area contributed by atoms with E-state index < -0.39 is 5.97 Å². The molecule has 1 rings (SSSR count). The molecule has 0 amide bonds. The number of rotatable bonds is 1. The standard InChI is InChI=1S/C7H7NO2.Li.H/c8-6-4-2-1-3-5(6)7(9)10;;/h1-4H,8H2,(H,9,10);;. The third-order valence-electron chi connectivity index (χ3n) is 1.19. The Balaban J connectivity index is 0.000001000. The Kier molecular flexibility index (Phi) is 3.73. The summed E-state index contributed by atoms with van der Waals surface area (Å²) in [5.41, 5.74) is 5.80. The van der Waals surface area contributed by atoms with Gasteiger partial charge in [-0.1, -0.05) is 12.1 Å². The van der Waals surface area contributed by atoms with Crippen molar-refractivity contribution in [2.75, 3.05) is 5.73 Å². The van der Waals surface area contributed by atoms with E-state index in [0.717, 1.165) is 0 Å². The first kappa shape index (κ1) is 10.1. The zero-order chi connectivity index (χ0) is 7.56. The van der Waals surface area contributed by atoms with Crippen molar-refractivity contribution in [1.29, 1.82) is 0 Å². The minimum atomic E-state index is -0.988. The number of anilines is 1. The summed E-state index contributed by atoms with van der Waals surface area (Å²) < 4.78 is 0. The molecule has 1 aromatic rings. The van der Waals surface area contributed by atoms with E-state index in [9.17, 15) is 4.79 Å². The van der Waals surface area contributed by atoms with Crippen LogP contribution < -0.4 is 5.73 Å². The second-order valence-electron chi connectivity index (χ2n) is 1.89. The second kappa shape index (κ2) is 4.07. The first-order chi connectivity index (χ1) is 4.72. The number of benzene rings is 1. The number of hydrogen-bond donors (Lipinski definition) is 2. The average Bonchev–Trinajstić information content (AvgIpc) is 1.88. The van der Waals surface area contributed by atoms with Gasteiger partial charge < -0.3 is 10.8 Å². The maximum absolute atomic E-state index is 10.3. The normalized spacial score (nSPS) is 8.36. The molecule has 0 fully saturated rings. The molecule has 0 aromatic heterocycles. The number of para-hydroxylation sites is 1. The molecule has 0 aliphatic carbocycles. The number of carbonyl (C=O) groups is 1. The zero-order valence-electron chi connectivity index (χ0n) is 5.24. The molecule has 0 atom stereocenters. The Hall–Kier alpha value is -0.913. The quantitative estimate of drug-likeness (QED) is 0.441. The van der Waals surface area contributed by atoms with Crippen molar-refractivity contribution in [1.82, 2.24) is 0 Å². The fraction of sp³-hybridized carbons (Fsp3) is 0. The zero-order valence-corrected chi connectivity index (χ0v) is 5.24. The summed E-state index contributed by atoms with van der Waals surface area (Å²) in [5.74, 6) is -0.988. The van der Waals surface area contributed by atoms with Crippen molar-refractivity contribution < 1.29 is 9.90 Å². The Morgan fingerprint density at radius 3 is 2.27 bits per heavy atom. The van der Waals surface area contributed by atoms with E-state index in [-0.39, 0.29) is 24.4 Å². The van der Waals surface area contributed by atoms with E-state index >= 15 is 0 Å². The molecule has 0 heterocycles. The number of nitrogen functional groups attached to an aromatic ring is 1. The monoisotopic (exact) mass is 145 g/mol. The number of nitrogens with two attached hydrogens (primary N) is 1. The van der Waals surface area contributed by atoms with Crippen LogP contribution in [0.4, 0.5) is 5.69 Å². The second-order valence-corrected chi connectivity index (χ2v) is 1.89. The number of hydrogen-bond acceptors (Lipinski definition) is 2. The average molecular weight is 145 g/mol. The minimum absolute atomic E-state index is 0. The van der Waals surface area contributed by atoms with Gasteiger partial charge in [0.2, 0.25) is 0 Å². The molecule has 0 spiro atoms. The van der Waals surface area contributed by atoms with Gasteiger partial charge in [0, 0.05) is 5.69 Å². The van der Waals surface area contributed by atoms with E-state index in [2.05, 4.69) is 0 Å². The van der Waals surface area contributed by atoms with Crippen LogP contribution in [0.25, 0.3) is 0 Å². The van der Waals surface area contributed by atoms with Crippen molar-refractivity contribution >= 4 is 30.5 Å². The van der Waals surface area contributed by atoms with Crippen molar-refractivity contribution in [2.45, 2.75) is 0 Å². The molecular formula is C7H8LiNO2. The van der Waals surface area contributed by atoms with Crippen LogP contribution in [-0.4, -0.2) is 29.9 Å². The van der Waals surface area contributed by atoms with Gasteiger partial charge in [0.15, 0.2) is 0 Å². The Morgan fingerprint density at radius 1 is 1.36 bits per heavy atom. The molecule has 3 N–H and O–H groups in total. The molecule has 0 unspecified atom stereocenters. The van der Waals surface area contributed by atoms with Crippen LogP contribution in [0.2, 0.25) is 0 Å². The summed E-state index contributed by atoms with van der Waals surface area (Å²) in [6.07, 6.45) is 0. The van der Waals surface area contributed by atoms with E-state index in [1.54, 1.807) is 18.2 Å². The van der Waals surface area contributed by atoms with Gasteiger partial charge in [0.05, 0.1) is 5.56 Å². The van der Waals surface area contributed by atoms with Crippen LogP contribution in [0.15, 0.2) is 24.3 Å². The summed E-state index contributed by atoms with van der Waals surface area (Å²) in [5, 5.41) is 8.49. The van der Waals surface area contributed by atoms with Gasteiger partial charge in [-0.05, 0) is 12.1 Å². The van der Waals surface area contributed by atoms with Gasteiger partial charge in [-0.3, -0.25) is 0 Å². The Bertz CT molecular complexity index is 262. The summed E-state index contributed by atoms with van der Waals surface area (Å²) in [7, 11) is 0. The van der Waals surface area contributed by atoms with Crippen LogP contribution in [-0.2, 0) is 0 Å². The van der Waals surface area contributed by atoms with Gasteiger partial charge >= 0.3 is 24.8 Å². The molecule has 0 radical (unpaired) electrons. The van der Waals surface area contributed by atoms with Gasteiger partial charge in [-0.25, -0.2) is 4.79 Å². The first-order valence-corrected chi connectivity index (χ1v) is 2.79. The fourth-order valence-corrected chi connectivity index (χ4v) is 0.692. The molecule has 0 saturated carbocycles. The SMILES string of the molecule is Nc1ccccc1C(=O)O.[LiH]. The number of carboxylic acids is 1. The van der Waals surface area contributed by atoms with E-state index in [1.807, 2.05) is 0 Å². The summed E-state index contributed by atoms with van der Waals surface area (Å²) in [6.45, 7) is 0. The van der Waals surface area contributed by atoms with E-state index in [0.29, 0.717) is 5.69 Å². The van der Waals surface area contributed by atoms with Crippen LogP contribution in [0.3, 0.4) is 0 Å². The molecule has 54 valence electrons. The molecule has 1 aromatic carbocycles. The van der Waals surface area contributed by atoms with Crippen LogP contribution in [0, 0.1) is 0 Å². The topological polar surface area (TPSA) is 63.3 Å².